The maximum atomic E-state index is 13.1. The fourth-order valence-electron chi connectivity index (χ4n) is 3.28. The van der Waals surface area contributed by atoms with Gasteiger partial charge >= 0.3 is 0 Å². The quantitative estimate of drug-likeness (QED) is 0.833. The second-order valence-corrected chi connectivity index (χ2v) is 7.28. The normalized spacial score (nSPS) is 19.8. The molecule has 1 saturated carbocycles. The minimum Gasteiger partial charge on any atom is -0.419 e. The summed E-state index contributed by atoms with van der Waals surface area (Å²) in [5.41, 5.74) is 0.703. The molecule has 27 heavy (non-hydrogen) atoms. The maximum Gasteiger partial charge on any atom is 0.247 e. The maximum absolute atomic E-state index is 13.1. The molecule has 1 aliphatic carbocycles. The fraction of sp³-hybridized carbons (Fsp3) is 0.526. The van der Waals surface area contributed by atoms with Gasteiger partial charge in [-0.3, -0.25) is 14.6 Å². The van der Waals surface area contributed by atoms with Crippen molar-refractivity contribution in [1.29, 1.82) is 0 Å². The van der Waals surface area contributed by atoms with Crippen molar-refractivity contribution >= 4 is 5.91 Å². The average molecular weight is 373 g/mol. The van der Waals surface area contributed by atoms with E-state index in [-0.39, 0.29) is 17.8 Å². The molecule has 2 aliphatic rings. The van der Waals surface area contributed by atoms with Gasteiger partial charge in [-0.15, -0.1) is 10.2 Å². The Morgan fingerprint density at radius 1 is 1.22 bits per heavy atom. The number of amides is 1. The number of carbonyl (C=O) groups is 1. The van der Waals surface area contributed by atoms with Crippen molar-refractivity contribution in [2.75, 3.05) is 32.7 Å². The molecule has 0 bridgehead atoms. The first kappa shape index (κ1) is 18.1. The van der Waals surface area contributed by atoms with Gasteiger partial charge in [0, 0.05) is 37.8 Å². The summed E-state index contributed by atoms with van der Waals surface area (Å²) >= 11 is 0. The summed E-state index contributed by atoms with van der Waals surface area (Å²) in [5.74, 6) is 0.775. The number of rotatable bonds is 6. The van der Waals surface area contributed by atoms with Crippen LogP contribution in [0.15, 0.2) is 28.7 Å². The van der Waals surface area contributed by atoms with Crippen LogP contribution in [0.25, 0.3) is 11.5 Å². The molecule has 4 rings (SSSR count). The summed E-state index contributed by atoms with van der Waals surface area (Å²) < 4.78 is 18.9. The lowest BCUT2D eigenvalue weighted by molar-refractivity contribution is -0.122. The highest BCUT2D eigenvalue weighted by Gasteiger charge is 2.28. The van der Waals surface area contributed by atoms with E-state index in [9.17, 15) is 9.18 Å². The van der Waals surface area contributed by atoms with E-state index < -0.39 is 0 Å². The van der Waals surface area contributed by atoms with E-state index in [0.717, 1.165) is 39.0 Å². The van der Waals surface area contributed by atoms with Crippen LogP contribution < -0.4 is 5.32 Å². The molecule has 1 amide bonds. The molecule has 1 atom stereocenters. The monoisotopic (exact) mass is 373 g/mol. The second kappa shape index (κ2) is 7.74. The van der Waals surface area contributed by atoms with E-state index in [0.29, 0.717) is 29.9 Å². The third kappa shape index (κ3) is 4.51. The van der Waals surface area contributed by atoms with Crippen molar-refractivity contribution in [3.05, 3.63) is 36.0 Å². The van der Waals surface area contributed by atoms with E-state index >= 15 is 0 Å². The molecule has 1 N–H and O–H groups in total. The second-order valence-electron chi connectivity index (χ2n) is 7.28. The zero-order chi connectivity index (χ0) is 18.8. The Kier molecular flexibility index (Phi) is 5.18. The van der Waals surface area contributed by atoms with Gasteiger partial charge in [0.25, 0.3) is 0 Å². The number of nitrogens with one attached hydrogen (secondary N) is 1. The topological polar surface area (TPSA) is 74.5 Å². The summed E-state index contributed by atoms with van der Waals surface area (Å²) in [4.78, 5) is 16.4. The molecule has 0 spiro atoms. The zero-order valence-electron chi connectivity index (χ0n) is 15.4. The third-order valence-electron chi connectivity index (χ3n) is 5.15. The molecular weight excluding hydrogens is 349 g/mol. The first-order valence-electron chi connectivity index (χ1n) is 9.43. The highest BCUT2D eigenvalue weighted by atomic mass is 19.1. The van der Waals surface area contributed by atoms with Crippen LogP contribution in [0.2, 0.25) is 0 Å². The van der Waals surface area contributed by atoms with Crippen LogP contribution in [-0.2, 0) is 4.79 Å². The van der Waals surface area contributed by atoms with Gasteiger partial charge in [-0.2, -0.15) is 0 Å². The molecule has 7 nitrogen and oxygen atoms in total. The van der Waals surface area contributed by atoms with Gasteiger partial charge in [0.15, 0.2) is 0 Å². The number of hydrogen-bond acceptors (Lipinski definition) is 6. The highest BCUT2D eigenvalue weighted by Crippen LogP contribution is 2.25. The Morgan fingerprint density at radius 2 is 1.93 bits per heavy atom. The molecule has 1 aromatic carbocycles. The van der Waals surface area contributed by atoms with Gasteiger partial charge in [-0.05, 0) is 44.0 Å². The third-order valence-corrected chi connectivity index (χ3v) is 5.15. The first-order valence-corrected chi connectivity index (χ1v) is 9.43. The summed E-state index contributed by atoms with van der Waals surface area (Å²) in [5, 5.41) is 11.3. The predicted molar refractivity (Wildman–Crippen MR) is 97.3 cm³/mol. The Hall–Kier alpha value is -2.32. The van der Waals surface area contributed by atoms with Crippen LogP contribution >= 0.6 is 0 Å². The van der Waals surface area contributed by atoms with Gasteiger partial charge in [-0.1, -0.05) is 0 Å². The minimum atomic E-state index is -0.296. The number of aromatic nitrogens is 2. The molecule has 1 aliphatic heterocycles. The van der Waals surface area contributed by atoms with Gasteiger partial charge in [-0.25, -0.2) is 4.39 Å². The lowest BCUT2D eigenvalue weighted by Gasteiger charge is -2.36. The number of halogens is 1. The molecule has 144 valence electrons. The van der Waals surface area contributed by atoms with Crippen molar-refractivity contribution in [2.45, 2.75) is 31.8 Å². The van der Waals surface area contributed by atoms with Crippen LogP contribution in [-0.4, -0.2) is 64.7 Å². The number of benzene rings is 1. The fourth-order valence-corrected chi connectivity index (χ4v) is 3.28. The van der Waals surface area contributed by atoms with Crippen LogP contribution in [0.5, 0.6) is 0 Å². The van der Waals surface area contributed by atoms with Crippen LogP contribution in [0.4, 0.5) is 4.39 Å². The van der Waals surface area contributed by atoms with Crippen molar-refractivity contribution in [1.82, 2.24) is 25.3 Å². The molecule has 2 heterocycles. The molecule has 0 radical (unpaired) electrons. The van der Waals surface area contributed by atoms with Gasteiger partial charge < -0.3 is 9.73 Å². The van der Waals surface area contributed by atoms with E-state index in [1.54, 1.807) is 12.1 Å². The molecule has 1 aromatic heterocycles. The zero-order valence-corrected chi connectivity index (χ0v) is 15.4. The average Bonchev–Trinajstić information content (AvgIpc) is 3.34. The Balaban J connectivity index is 1.30. The van der Waals surface area contributed by atoms with E-state index in [1.807, 2.05) is 6.92 Å². The standard InChI is InChI=1S/C19H24FN5O2/c1-13(18-22-23-19(27-18)14-2-4-15(20)5-3-14)25-10-8-24(9-11-25)12-17(26)21-16-6-7-16/h2-5,13,16H,6-12H2,1H3,(H,21,26)/t13-/m0/s1. The van der Waals surface area contributed by atoms with Crippen LogP contribution in [0.1, 0.15) is 31.7 Å². The summed E-state index contributed by atoms with van der Waals surface area (Å²) in [7, 11) is 0. The van der Waals surface area contributed by atoms with E-state index in [4.69, 9.17) is 4.42 Å². The lowest BCUT2D eigenvalue weighted by Crippen LogP contribution is -2.50. The van der Waals surface area contributed by atoms with Crippen LogP contribution in [0.3, 0.4) is 0 Å². The Labute approximate surface area is 157 Å². The Bertz CT molecular complexity index is 782. The smallest absolute Gasteiger partial charge is 0.247 e. The van der Waals surface area contributed by atoms with Gasteiger partial charge in [0.1, 0.15) is 5.82 Å². The highest BCUT2D eigenvalue weighted by molar-refractivity contribution is 5.78. The van der Waals surface area contributed by atoms with Crippen molar-refractivity contribution in [3.63, 3.8) is 0 Å². The molecule has 2 fully saturated rings. The number of nitrogens with zero attached hydrogens (tertiary/aromatic N) is 4. The van der Waals surface area contributed by atoms with Gasteiger partial charge in [0.05, 0.1) is 12.6 Å². The van der Waals surface area contributed by atoms with E-state index in [1.165, 1.54) is 12.1 Å². The van der Waals surface area contributed by atoms with Gasteiger partial charge in [0.2, 0.25) is 17.7 Å². The lowest BCUT2D eigenvalue weighted by atomic mass is 10.2. The molecule has 8 heteroatoms. The molecule has 1 saturated heterocycles. The Morgan fingerprint density at radius 3 is 2.59 bits per heavy atom. The van der Waals surface area contributed by atoms with Crippen molar-refractivity contribution in [2.24, 2.45) is 0 Å². The molecule has 0 unspecified atom stereocenters. The minimum absolute atomic E-state index is 0.00543. The molecular formula is C19H24FN5O2. The summed E-state index contributed by atoms with van der Waals surface area (Å²) in [6, 6.07) is 6.41. The van der Waals surface area contributed by atoms with Crippen molar-refractivity contribution in [3.8, 4) is 11.5 Å². The SMILES string of the molecule is C[C@@H](c1nnc(-c2ccc(F)cc2)o1)N1CCN(CC(=O)NC2CC2)CC1. The number of carbonyl (C=O) groups excluding carboxylic acids is 1. The van der Waals surface area contributed by atoms with Crippen molar-refractivity contribution < 1.29 is 13.6 Å². The molecule has 2 aromatic rings. The summed E-state index contributed by atoms with van der Waals surface area (Å²) in [6.07, 6.45) is 2.22. The predicted octanol–water partition coefficient (Wildman–Crippen LogP) is 1.83. The number of piperazine rings is 1. The largest absolute Gasteiger partial charge is 0.419 e. The van der Waals surface area contributed by atoms with Crippen LogP contribution in [0, 0.1) is 5.82 Å². The van der Waals surface area contributed by atoms with E-state index in [2.05, 4.69) is 25.3 Å². The number of hydrogen-bond donors (Lipinski definition) is 1. The first-order chi connectivity index (χ1) is 13.1. The summed E-state index contributed by atoms with van der Waals surface area (Å²) in [6.45, 7) is 5.85.